The minimum atomic E-state index is -0.436. The van der Waals surface area contributed by atoms with Gasteiger partial charge in [0.15, 0.2) is 11.5 Å². The molecule has 0 bridgehead atoms. The fraction of sp³-hybridized carbons (Fsp3) is 0.696. The van der Waals surface area contributed by atoms with E-state index in [1.165, 1.54) is 12.8 Å². The first-order valence-corrected chi connectivity index (χ1v) is 10.7. The molecular formula is C23H33NO3. The van der Waals surface area contributed by atoms with Crippen molar-refractivity contribution >= 4 is 5.78 Å². The van der Waals surface area contributed by atoms with Crippen LogP contribution in [-0.2, 0) is 16.6 Å². The van der Waals surface area contributed by atoms with E-state index in [0.29, 0.717) is 6.42 Å². The van der Waals surface area contributed by atoms with Crippen molar-refractivity contribution in [2.45, 2.75) is 77.2 Å². The van der Waals surface area contributed by atoms with Gasteiger partial charge in [-0.05, 0) is 61.6 Å². The van der Waals surface area contributed by atoms with E-state index in [1.807, 2.05) is 13.0 Å². The first-order chi connectivity index (χ1) is 12.8. The normalized spacial score (nSPS) is 35.6. The molecule has 3 aliphatic carbocycles. The van der Waals surface area contributed by atoms with E-state index >= 15 is 0 Å². The number of phenols is 2. The van der Waals surface area contributed by atoms with Crippen LogP contribution in [0.3, 0.4) is 0 Å². The summed E-state index contributed by atoms with van der Waals surface area (Å²) in [5.74, 6) is 0.854. The predicted octanol–water partition coefficient (Wildman–Crippen LogP) is 4.07. The van der Waals surface area contributed by atoms with Crippen molar-refractivity contribution in [1.29, 1.82) is 0 Å². The van der Waals surface area contributed by atoms with Crippen LogP contribution < -0.4 is 5.32 Å². The summed E-state index contributed by atoms with van der Waals surface area (Å²) in [6.45, 7) is 7.57. The van der Waals surface area contributed by atoms with Crippen LogP contribution in [0.1, 0.15) is 70.4 Å². The Morgan fingerprint density at radius 2 is 2.00 bits per heavy atom. The summed E-state index contributed by atoms with van der Waals surface area (Å²) >= 11 is 0. The van der Waals surface area contributed by atoms with E-state index < -0.39 is 5.41 Å². The number of fused-ring (bicyclic) bond motifs is 3. The zero-order valence-corrected chi connectivity index (χ0v) is 16.8. The SMILES string of the molecule is CCCC12c3c(ccc(O)c3O)C[C@H](NCC3CC3)[C@]1(C)CCC(=O)[C@@H]2C. The van der Waals surface area contributed by atoms with Crippen LogP contribution in [0.25, 0.3) is 0 Å². The minimum absolute atomic E-state index is 0.00521. The van der Waals surface area contributed by atoms with Crippen molar-refractivity contribution in [1.82, 2.24) is 5.32 Å². The molecule has 4 rings (SSSR count). The monoisotopic (exact) mass is 371 g/mol. The van der Waals surface area contributed by atoms with Crippen LogP contribution in [0, 0.1) is 17.3 Å². The van der Waals surface area contributed by atoms with Gasteiger partial charge in [0.1, 0.15) is 5.78 Å². The third kappa shape index (κ3) is 2.63. The maximum atomic E-state index is 12.9. The lowest BCUT2D eigenvalue weighted by Crippen LogP contribution is -2.65. The summed E-state index contributed by atoms with van der Waals surface area (Å²) in [5, 5.41) is 25.1. The van der Waals surface area contributed by atoms with Gasteiger partial charge in [-0.1, -0.05) is 33.3 Å². The Morgan fingerprint density at radius 1 is 1.26 bits per heavy atom. The standard InChI is InChI=1S/C23H33NO3/c1-4-10-23-14(2)17(25)9-11-22(23,3)19(24-13-15-5-6-15)12-16-7-8-18(26)21(27)20(16)23/h7-8,14-15,19,24,26-27H,4-6,9-13H2,1-3H3/t14-,19-,22-,23?/m0/s1. The van der Waals surface area contributed by atoms with Gasteiger partial charge in [0, 0.05) is 29.4 Å². The molecule has 1 unspecified atom stereocenters. The molecule has 2 fully saturated rings. The lowest BCUT2D eigenvalue weighted by Gasteiger charge is -2.62. The molecule has 0 radical (unpaired) electrons. The van der Waals surface area contributed by atoms with Gasteiger partial charge >= 0.3 is 0 Å². The maximum absolute atomic E-state index is 12.9. The van der Waals surface area contributed by atoms with Crippen molar-refractivity contribution in [3.8, 4) is 11.5 Å². The average Bonchev–Trinajstić information content (AvgIpc) is 3.46. The number of nitrogens with one attached hydrogen (secondary N) is 1. The zero-order chi connectivity index (χ0) is 19.4. The molecule has 4 nitrogen and oxygen atoms in total. The number of carbonyl (C=O) groups excluding carboxylic acids is 1. The summed E-state index contributed by atoms with van der Waals surface area (Å²) in [5.41, 5.74) is 1.38. The highest BCUT2D eigenvalue weighted by atomic mass is 16.3. The first kappa shape index (κ1) is 18.8. The number of benzene rings is 1. The van der Waals surface area contributed by atoms with Gasteiger partial charge in [-0.15, -0.1) is 0 Å². The number of carbonyl (C=O) groups is 1. The van der Waals surface area contributed by atoms with Crippen molar-refractivity contribution < 1.29 is 15.0 Å². The quantitative estimate of drug-likeness (QED) is 0.683. The molecule has 0 heterocycles. The second-order valence-electron chi connectivity index (χ2n) is 9.40. The third-order valence-corrected chi connectivity index (χ3v) is 8.01. The fourth-order valence-electron chi connectivity index (χ4n) is 6.26. The Bertz CT molecular complexity index is 756. The highest BCUT2D eigenvalue weighted by molar-refractivity contribution is 5.85. The molecule has 0 amide bonds. The highest BCUT2D eigenvalue weighted by Gasteiger charge is 2.63. The predicted molar refractivity (Wildman–Crippen MR) is 106 cm³/mol. The van der Waals surface area contributed by atoms with Crippen molar-refractivity contribution in [2.24, 2.45) is 17.3 Å². The molecule has 0 saturated heterocycles. The molecule has 1 aromatic carbocycles. The molecular weight excluding hydrogens is 338 g/mol. The second-order valence-corrected chi connectivity index (χ2v) is 9.40. The lowest BCUT2D eigenvalue weighted by molar-refractivity contribution is -0.136. The number of Topliss-reactive ketones (excluding diaryl/α,β-unsaturated/α-hetero) is 1. The molecule has 2 saturated carbocycles. The molecule has 27 heavy (non-hydrogen) atoms. The summed E-state index contributed by atoms with van der Waals surface area (Å²) in [6, 6.07) is 3.85. The lowest BCUT2D eigenvalue weighted by atomic mass is 9.42. The largest absolute Gasteiger partial charge is 0.504 e. The van der Waals surface area contributed by atoms with Crippen molar-refractivity contribution in [2.75, 3.05) is 6.54 Å². The molecule has 148 valence electrons. The summed E-state index contributed by atoms with van der Waals surface area (Å²) in [4.78, 5) is 12.9. The average molecular weight is 372 g/mol. The Labute approximate surface area is 162 Å². The van der Waals surface area contributed by atoms with Crippen LogP contribution in [0.5, 0.6) is 11.5 Å². The molecule has 0 spiro atoms. The number of rotatable bonds is 5. The smallest absolute Gasteiger partial charge is 0.161 e. The zero-order valence-electron chi connectivity index (χ0n) is 16.8. The number of phenolic OH excluding ortho intramolecular Hbond substituents is 2. The topological polar surface area (TPSA) is 69.6 Å². The van der Waals surface area contributed by atoms with E-state index in [0.717, 1.165) is 49.3 Å². The Hall–Kier alpha value is -1.55. The fourth-order valence-corrected chi connectivity index (χ4v) is 6.26. The maximum Gasteiger partial charge on any atom is 0.161 e. The molecule has 0 aliphatic heterocycles. The van der Waals surface area contributed by atoms with E-state index in [9.17, 15) is 15.0 Å². The molecule has 3 aliphatic rings. The van der Waals surface area contributed by atoms with Gasteiger partial charge < -0.3 is 15.5 Å². The van der Waals surface area contributed by atoms with E-state index in [1.54, 1.807) is 6.07 Å². The third-order valence-electron chi connectivity index (χ3n) is 8.01. The van der Waals surface area contributed by atoms with Crippen LogP contribution in [0.15, 0.2) is 12.1 Å². The minimum Gasteiger partial charge on any atom is -0.504 e. The number of hydrogen-bond acceptors (Lipinski definition) is 4. The Morgan fingerprint density at radius 3 is 2.67 bits per heavy atom. The van der Waals surface area contributed by atoms with Gasteiger partial charge in [-0.2, -0.15) is 0 Å². The molecule has 4 heteroatoms. The molecule has 1 aromatic rings. The summed E-state index contributed by atoms with van der Waals surface area (Å²) in [7, 11) is 0. The van der Waals surface area contributed by atoms with Gasteiger partial charge in [-0.25, -0.2) is 0 Å². The van der Waals surface area contributed by atoms with Gasteiger partial charge in [-0.3, -0.25) is 4.79 Å². The van der Waals surface area contributed by atoms with E-state index in [2.05, 4.69) is 19.2 Å². The van der Waals surface area contributed by atoms with Crippen LogP contribution >= 0.6 is 0 Å². The number of hydrogen-bond donors (Lipinski definition) is 3. The second kappa shape index (κ2) is 6.51. The molecule has 4 atom stereocenters. The van der Waals surface area contributed by atoms with E-state index in [4.69, 9.17) is 0 Å². The van der Waals surface area contributed by atoms with Crippen LogP contribution in [0.4, 0.5) is 0 Å². The number of aromatic hydroxyl groups is 2. The summed E-state index contributed by atoms with van der Waals surface area (Å²) in [6.07, 6.45) is 6.72. The highest BCUT2D eigenvalue weighted by Crippen LogP contribution is 2.64. The van der Waals surface area contributed by atoms with Crippen LogP contribution in [-0.4, -0.2) is 28.6 Å². The molecule has 3 N–H and O–H groups in total. The van der Waals surface area contributed by atoms with Crippen molar-refractivity contribution in [3.63, 3.8) is 0 Å². The van der Waals surface area contributed by atoms with Crippen LogP contribution in [0.2, 0.25) is 0 Å². The van der Waals surface area contributed by atoms with E-state index in [-0.39, 0.29) is 34.7 Å². The number of ketones is 1. The van der Waals surface area contributed by atoms with Gasteiger partial charge in [0.05, 0.1) is 0 Å². The van der Waals surface area contributed by atoms with Crippen molar-refractivity contribution in [3.05, 3.63) is 23.3 Å². The van der Waals surface area contributed by atoms with Gasteiger partial charge in [0.2, 0.25) is 0 Å². The first-order valence-electron chi connectivity index (χ1n) is 10.7. The Balaban J connectivity index is 1.91. The Kier molecular flexibility index (Phi) is 4.53. The van der Waals surface area contributed by atoms with Gasteiger partial charge in [0.25, 0.3) is 0 Å². The summed E-state index contributed by atoms with van der Waals surface area (Å²) < 4.78 is 0. The molecule has 0 aromatic heterocycles.